The minimum atomic E-state index is -0.0693. The van der Waals surface area contributed by atoms with Gasteiger partial charge in [-0.3, -0.25) is 0 Å². The van der Waals surface area contributed by atoms with Gasteiger partial charge in [0.2, 0.25) is 0 Å². The predicted octanol–water partition coefficient (Wildman–Crippen LogP) is 2.75. The molecule has 0 amide bonds. The minimum Gasteiger partial charge on any atom is -0.485 e. The lowest BCUT2D eigenvalue weighted by Gasteiger charge is -2.15. The molecular formula is C11H14ClNO. The van der Waals surface area contributed by atoms with E-state index in [0.29, 0.717) is 17.3 Å². The van der Waals surface area contributed by atoms with Gasteiger partial charge in [-0.15, -0.1) is 0 Å². The molecule has 0 spiro atoms. The zero-order chi connectivity index (χ0) is 10.6. The highest BCUT2D eigenvalue weighted by Gasteiger charge is 2.08. The van der Waals surface area contributed by atoms with Gasteiger partial charge < -0.3 is 10.5 Å². The Morgan fingerprint density at radius 3 is 2.93 bits per heavy atom. The van der Waals surface area contributed by atoms with Crippen LogP contribution >= 0.6 is 11.6 Å². The molecule has 2 nitrogen and oxygen atoms in total. The van der Waals surface area contributed by atoms with E-state index in [1.807, 2.05) is 19.1 Å². The van der Waals surface area contributed by atoms with Gasteiger partial charge in [0, 0.05) is 12.1 Å². The first-order chi connectivity index (χ1) is 6.69. The summed E-state index contributed by atoms with van der Waals surface area (Å²) in [5, 5.41) is 0.585. The number of ether oxygens (including phenoxy) is 1. The Labute approximate surface area is 89.3 Å². The Morgan fingerprint density at radius 2 is 2.36 bits per heavy atom. The lowest BCUT2D eigenvalue weighted by Crippen LogP contribution is -2.10. The SMILES string of the molecule is C=CC(C)Oc1c(Cl)cccc1CN. The van der Waals surface area contributed by atoms with Gasteiger partial charge in [0.1, 0.15) is 11.9 Å². The standard InChI is InChI=1S/C11H14ClNO/c1-3-8(2)14-11-9(7-13)5-4-6-10(11)12/h3-6,8H,1,7,13H2,2H3. The van der Waals surface area contributed by atoms with Crippen LogP contribution in [0.15, 0.2) is 30.9 Å². The van der Waals surface area contributed by atoms with Crippen LogP contribution in [0.25, 0.3) is 0 Å². The molecule has 0 aromatic heterocycles. The summed E-state index contributed by atoms with van der Waals surface area (Å²) in [6.45, 7) is 5.96. The number of hydrogen-bond acceptors (Lipinski definition) is 2. The third-order valence-electron chi connectivity index (χ3n) is 1.90. The van der Waals surface area contributed by atoms with Gasteiger partial charge in [-0.25, -0.2) is 0 Å². The van der Waals surface area contributed by atoms with Crippen molar-refractivity contribution in [1.29, 1.82) is 0 Å². The molecule has 0 saturated heterocycles. The van der Waals surface area contributed by atoms with Crippen molar-refractivity contribution in [3.8, 4) is 5.75 Å². The molecule has 1 unspecified atom stereocenters. The summed E-state index contributed by atoms with van der Waals surface area (Å²) >= 11 is 5.99. The number of nitrogens with two attached hydrogens (primary N) is 1. The van der Waals surface area contributed by atoms with Crippen molar-refractivity contribution in [2.24, 2.45) is 5.73 Å². The maximum atomic E-state index is 5.99. The third-order valence-corrected chi connectivity index (χ3v) is 2.20. The van der Waals surface area contributed by atoms with Crippen molar-refractivity contribution in [1.82, 2.24) is 0 Å². The Bertz CT molecular complexity index is 325. The molecule has 14 heavy (non-hydrogen) atoms. The monoisotopic (exact) mass is 211 g/mol. The van der Waals surface area contributed by atoms with Crippen LogP contribution in [0.3, 0.4) is 0 Å². The van der Waals surface area contributed by atoms with Crippen LogP contribution in [0.4, 0.5) is 0 Å². The van der Waals surface area contributed by atoms with E-state index in [-0.39, 0.29) is 6.10 Å². The summed E-state index contributed by atoms with van der Waals surface area (Å²) in [4.78, 5) is 0. The summed E-state index contributed by atoms with van der Waals surface area (Å²) in [6, 6.07) is 5.54. The minimum absolute atomic E-state index is 0.0693. The first-order valence-corrected chi connectivity index (χ1v) is 4.83. The van der Waals surface area contributed by atoms with Crippen LogP contribution in [0.5, 0.6) is 5.75 Å². The highest BCUT2D eigenvalue weighted by molar-refractivity contribution is 6.32. The van der Waals surface area contributed by atoms with E-state index in [1.165, 1.54) is 0 Å². The maximum Gasteiger partial charge on any atom is 0.143 e. The average molecular weight is 212 g/mol. The van der Waals surface area contributed by atoms with Gasteiger partial charge in [-0.2, -0.15) is 0 Å². The van der Waals surface area contributed by atoms with E-state index in [0.717, 1.165) is 5.56 Å². The predicted molar refractivity (Wildman–Crippen MR) is 59.6 cm³/mol. The lowest BCUT2D eigenvalue weighted by molar-refractivity contribution is 0.267. The van der Waals surface area contributed by atoms with Crippen LogP contribution < -0.4 is 10.5 Å². The number of rotatable bonds is 4. The molecule has 1 rings (SSSR count). The maximum absolute atomic E-state index is 5.99. The van der Waals surface area contributed by atoms with Crippen LogP contribution in [0, 0.1) is 0 Å². The number of para-hydroxylation sites is 1. The molecule has 1 aromatic carbocycles. The van der Waals surface area contributed by atoms with E-state index >= 15 is 0 Å². The van der Waals surface area contributed by atoms with Gasteiger partial charge in [-0.1, -0.05) is 36.4 Å². The van der Waals surface area contributed by atoms with Crippen molar-refractivity contribution >= 4 is 11.6 Å². The quantitative estimate of drug-likeness (QED) is 0.778. The van der Waals surface area contributed by atoms with Gasteiger partial charge in [0.25, 0.3) is 0 Å². The molecule has 0 saturated carbocycles. The molecule has 0 bridgehead atoms. The molecule has 0 heterocycles. The molecular weight excluding hydrogens is 198 g/mol. The smallest absolute Gasteiger partial charge is 0.143 e. The number of halogens is 1. The average Bonchev–Trinajstić information content (AvgIpc) is 2.20. The van der Waals surface area contributed by atoms with Crippen molar-refractivity contribution in [3.63, 3.8) is 0 Å². The van der Waals surface area contributed by atoms with Gasteiger partial charge >= 0.3 is 0 Å². The van der Waals surface area contributed by atoms with Gasteiger partial charge in [-0.05, 0) is 13.0 Å². The van der Waals surface area contributed by atoms with E-state index in [4.69, 9.17) is 22.1 Å². The largest absolute Gasteiger partial charge is 0.485 e. The van der Waals surface area contributed by atoms with Crippen LogP contribution in [0.1, 0.15) is 12.5 Å². The fourth-order valence-electron chi connectivity index (χ4n) is 1.08. The number of benzene rings is 1. The second-order valence-electron chi connectivity index (χ2n) is 2.99. The second kappa shape index (κ2) is 5.03. The van der Waals surface area contributed by atoms with E-state index in [9.17, 15) is 0 Å². The molecule has 1 atom stereocenters. The Balaban J connectivity index is 2.98. The Kier molecular flexibility index (Phi) is 3.98. The van der Waals surface area contributed by atoms with Crippen LogP contribution in [0.2, 0.25) is 5.02 Å². The van der Waals surface area contributed by atoms with Gasteiger partial charge in [0.05, 0.1) is 5.02 Å². The summed E-state index contributed by atoms with van der Waals surface area (Å²) < 4.78 is 5.59. The van der Waals surface area contributed by atoms with Crippen molar-refractivity contribution in [2.45, 2.75) is 19.6 Å². The number of hydrogen-bond donors (Lipinski definition) is 1. The summed E-state index contributed by atoms with van der Waals surface area (Å²) in [6.07, 6.45) is 1.64. The highest BCUT2D eigenvalue weighted by Crippen LogP contribution is 2.29. The molecule has 0 fully saturated rings. The van der Waals surface area contributed by atoms with Crippen molar-refractivity contribution in [2.75, 3.05) is 0 Å². The molecule has 0 radical (unpaired) electrons. The zero-order valence-corrected chi connectivity index (χ0v) is 8.92. The fourth-order valence-corrected chi connectivity index (χ4v) is 1.32. The van der Waals surface area contributed by atoms with Crippen LogP contribution in [-0.4, -0.2) is 6.10 Å². The molecule has 3 heteroatoms. The first-order valence-electron chi connectivity index (χ1n) is 4.45. The summed E-state index contributed by atoms with van der Waals surface area (Å²) in [7, 11) is 0. The molecule has 2 N–H and O–H groups in total. The van der Waals surface area contributed by atoms with E-state index in [2.05, 4.69) is 6.58 Å². The summed E-state index contributed by atoms with van der Waals surface area (Å²) in [5.41, 5.74) is 6.48. The van der Waals surface area contributed by atoms with E-state index in [1.54, 1.807) is 12.1 Å². The van der Waals surface area contributed by atoms with Gasteiger partial charge in [0.15, 0.2) is 0 Å². The lowest BCUT2D eigenvalue weighted by atomic mass is 10.2. The normalized spacial score (nSPS) is 12.2. The first kappa shape index (κ1) is 11.1. The zero-order valence-electron chi connectivity index (χ0n) is 8.16. The second-order valence-corrected chi connectivity index (χ2v) is 3.40. The molecule has 0 aliphatic rings. The van der Waals surface area contributed by atoms with E-state index < -0.39 is 0 Å². The fraction of sp³-hybridized carbons (Fsp3) is 0.273. The Hall–Kier alpha value is -0.990. The van der Waals surface area contributed by atoms with Crippen LogP contribution in [-0.2, 0) is 6.54 Å². The third kappa shape index (κ3) is 2.50. The van der Waals surface area contributed by atoms with Crippen molar-refractivity contribution in [3.05, 3.63) is 41.4 Å². The summed E-state index contributed by atoms with van der Waals surface area (Å²) in [5.74, 6) is 0.657. The highest BCUT2D eigenvalue weighted by atomic mass is 35.5. The molecule has 76 valence electrons. The molecule has 0 aliphatic heterocycles. The Morgan fingerprint density at radius 1 is 1.64 bits per heavy atom. The van der Waals surface area contributed by atoms with Crippen molar-refractivity contribution < 1.29 is 4.74 Å². The molecule has 1 aromatic rings. The molecule has 0 aliphatic carbocycles. The topological polar surface area (TPSA) is 35.2 Å².